The van der Waals surface area contributed by atoms with Crippen LogP contribution in [-0.4, -0.2) is 11.9 Å². The molecule has 0 atom stereocenters. The average molecular weight is 356 g/mol. The van der Waals surface area contributed by atoms with Crippen LogP contribution in [0.3, 0.4) is 0 Å². The third kappa shape index (κ3) is 5.36. The van der Waals surface area contributed by atoms with E-state index in [2.05, 4.69) is 30.8 Å². The lowest BCUT2D eigenvalue weighted by Gasteiger charge is -2.19. The highest BCUT2D eigenvalue weighted by atomic mass is 32.2. The van der Waals surface area contributed by atoms with Gasteiger partial charge in [0.1, 0.15) is 0 Å². The summed E-state index contributed by atoms with van der Waals surface area (Å²) in [4.78, 5) is 25.0. The summed E-state index contributed by atoms with van der Waals surface area (Å²) in [5.41, 5.74) is 3.86. The summed E-state index contributed by atoms with van der Waals surface area (Å²) in [6.07, 6.45) is 0. The highest BCUT2D eigenvalue weighted by Crippen LogP contribution is 2.22. The number of aryl methyl sites for hydroxylation is 2. The van der Waals surface area contributed by atoms with Crippen molar-refractivity contribution in [1.29, 1.82) is 0 Å². The molecule has 0 saturated carbocycles. The van der Waals surface area contributed by atoms with Gasteiger partial charge in [0.05, 0.1) is 0 Å². The number of carbonyl (C=O) groups is 2. The predicted molar refractivity (Wildman–Crippen MR) is 103 cm³/mol. The number of carbonyl (C=O) groups excluding carboxylic acids is 2. The van der Waals surface area contributed by atoms with Crippen molar-refractivity contribution < 1.29 is 9.59 Å². The molecule has 2 rings (SSSR count). The summed E-state index contributed by atoms with van der Waals surface area (Å²) in [5, 5.41) is 2.35. The smallest absolute Gasteiger partial charge is 0.277 e. The van der Waals surface area contributed by atoms with Crippen LogP contribution in [0.15, 0.2) is 47.4 Å². The van der Waals surface area contributed by atoms with Crippen molar-refractivity contribution in [2.45, 2.75) is 44.9 Å². The van der Waals surface area contributed by atoms with Crippen LogP contribution in [0, 0.1) is 13.8 Å². The number of nitrogens with one attached hydrogen (secondary N) is 2. The lowest BCUT2D eigenvalue weighted by Crippen LogP contribution is -2.36. The molecule has 25 heavy (non-hydrogen) atoms. The van der Waals surface area contributed by atoms with Crippen LogP contribution in [0.4, 0.5) is 4.79 Å². The topological polar surface area (TPSA) is 58.2 Å². The highest BCUT2D eigenvalue weighted by Gasteiger charge is 2.15. The van der Waals surface area contributed by atoms with Crippen LogP contribution in [-0.2, 0) is 5.41 Å². The van der Waals surface area contributed by atoms with Crippen molar-refractivity contribution in [3.63, 3.8) is 0 Å². The number of imide groups is 1. The molecule has 0 saturated heterocycles. The van der Waals surface area contributed by atoms with E-state index in [9.17, 15) is 9.59 Å². The van der Waals surface area contributed by atoms with Crippen LogP contribution in [0.1, 0.15) is 47.8 Å². The molecule has 0 aliphatic carbocycles. The Morgan fingerprint density at radius 1 is 0.960 bits per heavy atom. The Morgan fingerprint density at radius 2 is 1.60 bits per heavy atom. The standard InChI is InChI=1S/C20H24N2O2S/c1-13-6-11-17(14(2)12-13)25-22-19(24)21-18(23)15-7-9-16(10-8-15)20(3,4)5/h6-12H,1-5H3,(H2,21,22,23,24). The van der Waals surface area contributed by atoms with Crippen molar-refractivity contribution in [2.75, 3.05) is 0 Å². The molecule has 0 bridgehead atoms. The first kappa shape index (κ1) is 19.1. The summed E-state index contributed by atoms with van der Waals surface area (Å²) in [6.45, 7) is 10.3. The summed E-state index contributed by atoms with van der Waals surface area (Å²) in [6, 6.07) is 12.7. The van der Waals surface area contributed by atoms with Gasteiger partial charge in [-0.15, -0.1) is 0 Å². The van der Waals surface area contributed by atoms with Gasteiger partial charge in [-0.1, -0.05) is 50.6 Å². The molecule has 5 heteroatoms. The van der Waals surface area contributed by atoms with Gasteiger partial charge in [0.2, 0.25) is 0 Å². The van der Waals surface area contributed by atoms with Crippen LogP contribution in [0.2, 0.25) is 0 Å². The molecule has 132 valence electrons. The molecule has 3 amide bonds. The average Bonchev–Trinajstić information content (AvgIpc) is 2.53. The number of hydrogen-bond donors (Lipinski definition) is 2. The summed E-state index contributed by atoms with van der Waals surface area (Å²) < 4.78 is 2.64. The van der Waals surface area contributed by atoms with Crippen LogP contribution < -0.4 is 10.0 Å². The molecule has 0 spiro atoms. The Morgan fingerprint density at radius 3 is 2.16 bits per heavy atom. The minimum Gasteiger partial charge on any atom is -0.277 e. The third-order valence-electron chi connectivity index (χ3n) is 3.82. The second-order valence-corrected chi connectivity index (χ2v) is 7.93. The molecule has 0 aromatic heterocycles. The van der Waals surface area contributed by atoms with Gasteiger partial charge in [-0.2, -0.15) is 0 Å². The van der Waals surface area contributed by atoms with Gasteiger partial charge < -0.3 is 0 Å². The largest absolute Gasteiger partial charge is 0.331 e. The van der Waals surface area contributed by atoms with E-state index in [1.165, 1.54) is 17.5 Å². The van der Waals surface area contributed by atoms with Gasteiger partial charge in [0.25, 0.3) is 5.91 Å². The zero-order chi connectivity index (χ0) is 18.6. The van der Waals surface area contributed by atoms with Gasteiger partial charge in [-0.05, 0) is 60.5 Å². The number of hydrogen-bond acceptors (Lipinski definition) is 3. The fraction of sp³-hybridized carbons (Fsp3) is 0.300. The van der Waals surface area contributed by atoms with Crippen molar-refractivity contribution in [2.24, 2.45) is 0 Å². The van der Waals surface area contributed by atoms with Crippen molar-refractivity contribution in [3.8, 4) is 0 Å². The lowest BCUT2D eigenvalue weighted by atomic mass is 9.87. The van der Waals surface area contributed by atoms with Gasteiger partial charge in [0, 0.05) is 10.5 Å². The molecule has 0 radical (unpaired) electrons. The number of amides is 3. The fourth-order valence-corrected chi connectivity index (χ4v) is 2.95. The third-order valence-corrected chi connectivity index (χ3v) is 4.79. The van der Waals surface area contributed by atoms with Crippen LogP contribution in [0.5, 0.6) is 0 Å². The normalized spacial score (nSPS) is 11.1. The molecular formula is C20H24N2O2S. The van der Waals surface area contributed by atoms with E-state index in [4.69, 9.17) is 0 Å². The van der Waals surface area contributed by atoms with Gasteiger partial charge in [-0.3, -0.25) is 14.8 Å². The van der Waals surface area contributed by atoms with E-state index in [0.717, 1.165) is 16.0 Å². The summed E-state index contributed by atoms with van der Waals surface area (Å²) in [7, 11) is 0. The Labute approximate surface area is 153 Å². The maximum Gasteiger partial charge on any atom is 0.331 e. The second-order valence-electron chi connectivity index (χ2n) is 7.08. The molecule has 2 aromatic carbocycles. The first-order valence-corrected chi connectivity index (χ1v) is 8.94. The highest BCUT2D eigenvalue weighted by molar-refractivity contribution is 7.98. The van der Waals surface area contributed by atoms with Crippen LogP contribution >= 0.6 is 11.9 Å². The molecule has 2 aromatic rings. The maximum atomic E-state index is 12.2. The van der Waals surface area contributed by atoms with E-state index in [0.29, 0.717) is 5.56 Å². The number of urea groups is 1. The number of rotatable bonds is 3. The van der Waals surface area contributed by atoms with E-state index < -0.39 is 11.9 Å². The van der Waals surface area contributed by atoms with Gasteiger partial charge in [0.15, 0.2) is 0 Å². The quantitative estimate of drug-likeness (QED) is 0.781. The monoisotopic (exact) mass is 356 g/mol. The fourth-order valence-electron chi connectivity index (χ4n) is 2.34. The predicted octanol–water partition coefficient (Wildman–Crippen LogP) is 4.75. The van der Waals surface area contributed by atoms with E-state index in [1.807, 2.05) is 44.2 Å². The van der Waals surface area contributed by atoms with Crippen molar-refractivity contribution >= 4 is 23.9 Å². The molecule has 0 heterocycles. The minimum absolute atomic E-state index is 0.0227. The van der Waals surface area contributed by atoms with Crippen molar-refractivity contribution in [1.82, 2.24) is 10.0 Å². The lowest BCUT2D eigenvalue weighted by molar-refractivity contribution is 0.0965. The van der Waals surface area contributed by atoms with E-state index in [1.54, 1.807) is 12.1 Å². The molecule has 0 unspecified atom stereocenters. The molecule has 4 nitrogen and oxygen atoms in total. The molecular weight excluding hydrogens is 332 g/mol. The van der Waals surface area contributed by atoms with E-state index in [-0.39, 0.29) is 5.41 Å². The van der Waals surface area contributed by atoms with Crippen LogP contribution in [0.25, 0.3) is 0 Å². The van der Waals surface area contributed by atoms with E-state index >= 15 is 0 Å². The first-order valence-electron chi connectivity index (χ1n) is 8.13. The Bertz CT molecular complexity index is 777. The molecule has 0 aliphatic heterocycles. The maximum absolute atomic E-state index is 12.2. The Hall–Kier alpha value is -2.27. The SMILES string of the molecule is Cc1ccc(SNC(=O)NC(=O)c2ccc(C(C)(C)C)cc2)c(C)c1. The summed E-state index contributed by atoms with van der Waals surface area (Å²) in [5.74, 6) is -0.417. The van der Waals surface area contributed by atoms with Gasteiger partial charge >= 0.3 is 6.03 Å². The summed E-state index contributed by atoms with van der Waals surface area (Å²) >= 11 is 1.19. The van der Waals surface area contributed by atoms with Crippen molar-refractivity contribution in [3.05, 3.63) is 64.7 Å². The first-order chi connectivity index (χ1) is 11.7. The molecule has 0 aliphatic rings. The molecule has 2 N–H and O–H groups in total. The minimum atomic E-state index is -0.533. The second kappa shape index (κ2) is 7.74. The van der Waals surface area contributed by atoms with Gasteiger partial charge in [-0.25, -0.2) is 4.79 Å². The zero-order valence-electron chi connectivity index (χ0n) is 15.3. The number of benzene rings is 2. The zero-order valence-corrected chi connectivity index (χ0v) is 16.1. The molecule has 0 fully saturated rings. The Kier molecular flexibility index (Phi) is 5.90. The Balaban J connectivity index is 1.92.